The molecule has 1 heterocycles. The van der Waals surface area contributed by atoms with Crippen LogP contribution in [0, 0.1) is 0 Å². The summed E-state index contributed by atoms with van der Waals surface area (Å²) in [5, 5.41) is 3.40. The smallest absolute Gasteiger partial charge is 0.265 e. The van der Waals surface area contributed by atoms with Crippen molar-refractivity contribution in [2.75, 3.05) is 19.6 Å². The zero-order valence-corrected chi connectivity index (χ0v) is 12.1. The first-order chi connectivity index (χ1) is 9.74. The summed E-state index contributed by atoms with van der Waals surface area (Å²) in [7, 11) is 0. The molecule has 110 valence electrons. The molecule has 1 fully saturated rings. The summed E-state index contributed by atoms with van der Waals surface area (Å²) in [6.07, 6.45) is 2.38. The molecule has 0 spiro atoms. The van der Waals surface area contributed by atoms with Gasteiger partial charge in [-0.15, -0.1) is 0 Å². The number of rotatable bonds is 5. The van der Waals surface area contributed by atoms with Gasteiger partial charge >= 0.3 is 0 Å². The summed E-state index contributed by atoms with van der Waals surface area (Å²) >= 11 is 0. The lowest BCUT2D eigenvalue weighted by Crippen LogP contribution is -2.42. The minimum Gasteiger partial charge on any atom is -0.317 e. The Morgan fingerprint density at radius 2 is 2.20 bits per heavy atom. The van der Waals surface area contributed by atoms with Gasteiger partial charge in [0.15, 0.2) is 0 Å². The summed E-state index contributed by atoms with van der Waals surface area (Å²) in [6.45, 7) is 6.29. The van der Waals surface area contributed by atoms with Gasteiger partial charge in [0, 0.05) is 18.2 Å². The molecule has 5 nitrogen and oxygen atoms in total. The van der Waals surface area contributed by atoms with Gasteiger partial charge in [-0.1, -0.05) is 19.1 Å². The van der Waals surface area contributed by atoms with Crippen LogP contribution in [-0.2, 0) is 6.54 Å². The molecule has 0 aromatic heterocycles. The maximum atomic E-state index is 11.6. The molecule has 20 heavy (non-hydrogen) atoms. The first-order valence-corrected chi connectivity index (χ1v) is 7.29. The molecule has 0 unspecified atom stereocenters. The van der Waals surface area contributed by atoms with Crippen molar-refractivity contribution in [1.82, 2.24) is 15.6 Å². The highest BCUT2D eigenvalue weighted by molar-refractivity contribution is 5.93. The molecule has 4 N–H and O–H groups in total. The van der Waals surface area contributed by atoms with E-state index < -0.39 is 0 Å². The number of hydrogen-bond donors (Lipinski definition) is 3. The number of nitrogens with two attached hydrogens (primary N) is 1. The number of nitrogens with zero attached hydrogens (tertiary/aromatic N) is 1. The average Bonchev–Trinajstić information content (AvgIpc) is 2.53. The number of nitrogen functional groups attached to an aromatic ring is 1. The van der Waals surface area contributed by atoms with Crippen LogP contribution in [0.3, 0.4) is 0 Å². The number of hydrogen-bond acceptors (Lipinski definition) is 4. The second kappa shape index (κ2) is 7.38. The fraction of sp³-hybridized carbons (Fsp3) is 0.533. The van der Waals surface area contributed by atoms with Crippen molar-refractivity contribution >= 4 is 5.91 Å². The molecule has 1 aromatic rings. The molecule has 0 aliphatic carbocycles. The van der Waals surface area contributed by atoms with Crippen LogP contribution in [0.4, 0.5) is 0 Å². The SMILES string of the molecule is CCN(Cc1cccc(C(=O)NN)c1)C1CCNCC1. The van der Waals surface area contributed by atoms with Crippen molar-refractivity contribution < 1.29 is 4.79 Å². The predicted molar refractivity (Wildman–Crippen MR) is 80.1 cm³/mol. The predicted octanol–water partition coefficient (Wildman–Crippen LogP) is 0.864. The lowest BCUT2D eigenvalue weighted by atomic mass is 10.0. The van der Waals surface area contributed by atoms with Gasteiger partial charge in [0.1, 0.15) is 0 Å². The summed E-state index contributed by atoms with van der Waals surface area (Å²) < 4.78 is 0. The van der Waals surface area contributed by atoms with E-state index in [-0.39, 0.29) is 5.91 Å². The lowest BCUT2D eigenvalue weighted by Gasteiger charge is -2.34. The van der Waals surface area contributed by atoms with Crippen LogP contribution in [-0.4, -0.2) is 36.5 Å². The number of nitrogens with one attached hydrogen (secondary N) is 2. The average molecular weight is 276 g/mol. The van der Waals surface area contributed by atoms with Crippen LogP contribution < -0.4 is 16.6 Å². The molecular weight excluding hydrogens is 252 g/mol. The second-order valence-electron chi connectivity index (χ2n) is 5.22. The molecule has 0 atom stereocenters. The topological polar surface area (TPSA) is 70.4 Å². The van der Waals surface area contributed by atoms with Gasteiger partial charge in [0.25, 0.3) is 5.91 Å². The van der Waals surface area contributed by atoms with Crippen molar-refractivity contribution in [3.8, 4) is 0 Å². The number of hydrazine groups is 1. The number of carbonyl (C=O) groups excluding carboxylic acids is 1. The van der Waals surface area contributed by atoms with E-state index in [0.717, 1.165) is 31.7 Å². The highest BCUT2D eigenvalue weighted by Crippen LogP contribution is 2.16. The van der Waals surface area contributed by atoms with E-state index >= 15 is 0 Å². The number of piperidine rings is 1. The maximum Gasteiger partial charge on any atom is 0.265 e. The summed E-state index contributed by atoms with van der Waals surface area (Å²) in [6, 6.07) is 8.32. The van der Waals surface area contributed by atoms with Gasteiger partial charge in [-0.3, -0.25) is 15.1 Å². The molecule has 0 radical (unpaired) electrons. The van der Waals surface area contributed by atoms with Gasteiger partial charge in [-0.2, -0.15) is 0 Å². The van der Waals surface area contributed by atoms with Crippen molar-refractivity contribution in [2.45, 2.75) is 32.4 Å². The van der Waals surface area contributed by atoms with Crippen molar-refractivity contribution in [3.05, 3.63) is 35.4 Å². The minimum atomic E-state index is -0.239. The van der Waals surface area contributed by atoms with E-state index in [1.807, 2.05) is 12.1 Å². The molecule has 1 aliphatic heterocycles. The molecule has 1 amide bonds. The van der Waals surface area contributed by atoms with Gasteiger partial charge < -0.3 is 5.32 Å². The second-order valence-corrected chi connectivity index (χ2v) is 5.22. The first kappa shape index (κ1) is 15.0. The maximum absolute atomic E-state index is 11.6. The molecule has 0 saturated carbocycles. The van der Waals surface area contributed by atoms with Gasteiger partial charge in [-0.05, 0) is 50.2 Å². The van der Waals surface area contributed by atoms with Crippen LogP contribution in [0.15, 0.2) is 24.3 Å². The van der Waals surface area contributed by atoms with E-state index in [1.54, 1.807) is 6.07 Å². The fourth-order valence-electron chi connectivity index (χ4n) is 2.80. The highest BCUT2D eigenvalue weighted by atomic mass is 16.2. The van der Waals surface area contributed by atoms with E-state index in [4.69, 9.17) is 5.84 Å². The zero-order chi connectivity index (χ0) is 14.4. The van der Waals surface area contributed by atoms with Crippen LogP contribution in [0.5, 0.6) is 0 Å². The Morgan fingerprint density at radius 1 is 1.45 bits per heavy atom. The molecule has 0 bridgehead atoms. The molecule has 5 heteroatoms. The monoisotopic (exact) mass is 276 g/mol. The van der Waals surface area contributed by atoms with Crippen molar-refractivity contribution in [1.29, 1.82) is 0 Å². The Morgan fingerprint density at radius 3 is 2.85 bits per heavy atom. The molecule has 1 aliphatic rings. The normalized spacial score (nSPS) is 16.4. The standard InChI is InChI=1S/C15H24N4O/c1-2-19(14-6-8-17-9-7-14)11-12-4-3-5-13(10-12)15(20)18-16/h3-5,10,14,17H,2,6-9,11,16H2,1H3,(H,18,20). The van der Waals surface area contributed by atoms with Crippen molar-refractivity contribution in [3.63, 3.8) is 0 Å². The molecule has 1 saturated heterocycles. The Kier molecular flexibility index (Phi) is 5.52. The number of amides is 1. The van der Waals surface area contributed by atoms with E-state index in [9.17, 15) is 4.79 Å². The van der Waals surface area contributed by atoms with Crippen LogP contribution in [0.2, 0.25) is 0 Å². The Bertz CT molecular complexity index is 443. The minimum absolute atomic E-state index is 0.239. The van der Waals surface area contributed by atoms with Crippen molar-refractivity contribution in [2.24, 2.45) is 5.84 Å². The van der Waals surface area contributed by atoms with E-state index in [0.29, 0.717) is 11.6 Å². The third-order valence-corrected chi connectivity index (χ3v) is 3.94. The van der Waals surface area contributed by atoms with E-state index in [2.05, 4.69) is 28.6 Å². The summed E-state index contributed by atoms with van der Waals surface area (Å²) in [5.41, 5.74) is 3.95. The molecular formula is C15H24N4O. The Balaban J connectivity index is 2.05. The van der Waals surface area contributed by atoms with Gasteiger partial charge in [0.05, 0.1) is 0 Å². The lowest BCUT2D eigenvalue weighted by molar-refractivity contribution is 0.0953. The third kappa shape index (κ3) is 3.79. The van der Waals surface area contributed by atoms with Crippen LogP contribution >= 0.6 is 0 Å². The summed E-state index contributed by atoms with van der Waals surface area (Å²) in [4.78, 5) is 14.1. The Labute approximate surface area is 120 Å². The highest BCUT2D eigenvalue weighted by Gasteiger charge is 2.19. The molecule has 1 aromatic carbocycles. The first-order valence-electron chi connectivity index (χ1n) is 7.29. The molecule has 2 rings (SSSR count). The zero-order valence-electron chi connectivity index (χ0n) is 12.1. The van der Waals surface area contributed by atoms with Gasteiger partial charge in [0.2, 0.25) is 0 Å². The quantitative estimate of drug-likeness (QED) is 0.424. The number of carbonyl (C=O) groups is 1. The van der Waals surface area contributed by atoms with E-state index in [1.165, 1.54) is 12.8 Å². The summed E-state index contributed by atoms with van der Waals surface area (Å²) in [5.74, 6) is 4.94. The van der Waals surface area contributed by atoms with Crippen LogP contribution in [0.25, 0.3) is 0 Å². The number of benzene rings is 1. The Hall–Kier alpha value is -1.43. The van der Waals surface area contributed by atoms with Gasteiger partial charge in [-0.25, -0.2) is 5.84 Å². The van der Waals surface area contributed by atoms with Crippen LogP contribution in [0.1, 0.15) is 35.7 Å². The largest absolute Gasteiger partial charge is 0.317 e. The third-order valence-electron chi connectivity index (χ3n) is 3.94. The fourth-order valence-corrected chi connectivity index (χ4v) is 2.80.